The number of rotatable bonds is 7. The Balaban J connectivity index is 2.27. The van der Waals surface area contributed by atoms with Gasteiger partial charge in [-0.3, -0.25) is 4.79 Å². The van der Waals surface area contributed by atoms with Gasteiger partial charge in [0.1, 0.15) is 5.75 Å². The van der Waals surface area contributed by atoms with Crippen LogP contribution in [0.4, 0.5) is 0 Å². The maximum Gasteiger partial charge on any atom is 0.220 e. The monoisotopic (exact) mass is 278 g/mol. The fraction of sp³-hybridized carbons (Fsp3) is 0.562. The molecular weight excluding hydrogens is 252 g/mol. The van der Waals surface area contributed by atoms with Gasteiger partial charge >= 0.3 is 0 Å². The molecule has 0 aliphatic carbocycles. The lowest BCUT2D eigenvalue weighted by Gasteiger charge is -2.19. The lowest BCUT2D eigenvalue weighted by Crippen LogP contribution is -2.29. The summed E-state index contributed by atoms with van der Waals surface area (Å²) in [4.78, 5) is 11.3. The van der Waals surface area contributed by atoms with Crippen LogP contribution in [0.3, 0.4) is 0 Å². The van der Waals surface area contributed by atoms with Crippen molar-refractivity contribution in [3.05, 3.63) is 29.8 Å². The molecule has 0 saturated heterocycles. The van der Waals surface area contributed by atoms with E-state index in [1.54, 1.807) is 0 Å². The van der Waals surface area contributed by atoms with E-state index in [2.05, 4.69) is 38.2 Å². The highest BCUT2D eigenvalue weighted by atomic mass is 16.5. The summed E-state index contributed by atoms with van der Waals surface area (Å²) in [5.41, 5.74) is 6.75. The average Bonchev–Trinajstić information content (AvgIpc) is 2.41. The van der Waals surface area contributed by atoms with Gasteiger partial charge in [-0.25, -0.2) is 0 Å². The van der Waals surface area contributed by atoms with Crippen LogP contribution in [0.1, 0.15) is 39.2 Å². The third-order valence-electron chi connectivity index (χ3n) is 3.00. The zero-order chi connectivity index (χ0) is 15.0. The summed E-state index contributed by atoms with van der Waals surface area (Å²) in [5, 5.41) is 2.74. The molecule has 0 saturated carbocycles. The molecule has 0 unspecified atom stereocenters. The first-order chi connectivity index (χ1) is 9.43. The first kappa shape index (κ1) is 16.5. The molecular formula is C16H26N2O2. The highest BCUT2D eigenvalue weighted by Crippen LogP contribution is 2.24. The van der Waals surface area contributed by atoms with E-state index in [-0.39, 0.29) is 11.3 Å². The topological polar surface area (TPSA) is 64.3 Å². The summed E-state index contributed by atoms with van der Waals surface area (Å²) < 4.78 is 5.62. The molecule has 0 aliphatic rings. The maximum atomic E-state index is 11.3. The molecule has 1 aromatic carbocycles. The van der Waals surface area contributed by atoms with Crippen LogP contribution in [0.5, 0.6) is 5.75 Å². The van der Waals surface area contributed by atoms with Gasteiger partial charge in [-0.1, -0.05) is 32.9 Å². The highest BCUT2D eigenvalue weighted by Gasteiger charge is 2.12. The second-order valence-corrected chi connectivity index (χ2v) is 5.87. The van der Waals surface area contributed by atoms with E-state index in [4.69, 9.17) is 10.5 Å². The van der Waals surface area contributed by atoms with Crippen molar-refractivity contribution < 1.29 is 9.53 Å². The minimum atomic E-state index is 0.0298. The Kier molecular flexibility index (Phi) is 6.52. The van der Waals surface area contributed by atoms with E-state index >= 15 is 0 Å². The Hall–Kier alpha value is -1.55. The molecule has 0 atom stereocenters. The Labute approximate surface area is 121 Å². The molecule has 0 aromatic heterocycles. The largest absolute Gasteiger partial charge is 0.494 e. The van der Waals surface area contributed by atoms with Gasteiger partial charge in [0, 0.05) is 19.5 Å². The molecule has 1 aromatic rings. The Morgan fingerprint density at radius 3 is 2.45 bits per heavy atom. The number of hydrogen-bond donors (Lipinski definition) is 2. The maximum absolute atomic E-state index is 11.3. The molecule has 0 heterocycles. The highest BCUT2D eigenvalue weighted by molar-refractivity contribution is 5.75. The van der Waals surface area contributed by atoms with Crippen LogP contribution in [0, 0.1) is 0 Å². The number of nitrogens with one attached hydrogen (secondary N) is 1. The van der Waals surface area contributed by atoms with Crippen molar-refractivity contribution in [2.24, 2.45) is 5.73 Å². The van der Waals surface area contributed by atoms with Crippen molar-refractivity contribution in [1.29, 1.82) is 0 Å². The van der Waals surface area contributed by atoms with Crippen LogP contribution in [0.15, 0.2) is 24.3 Å². The molecule has 4 heteroatoms. The summed E-state index contributed by atoms with van der Waals surface area (Å²) >= 11 is 0. The summed E-state index contributed by atoms with van der Waals surface area (Å²) in [5.74, 6) is 0.877. The summed E-state index contributed by atoms with van der Waals surface area (Å²) in [6.07, 6.45) is 1.18. The summed E-state index contributed by atoms with van der Waals surface area (Å²) in [6, 6.07) is 8.14. The van der Waals surface area contributed by atoms with Gasteiger partial charge < -0.3 is 15.8 Å². The van der Waals surface area contributed by atoms with E-state index in [0.717, 1.165) is 5.75 Å². The number of benzene rings is 1. The molecule has 0 fully saturated rings. The Morgan fingerprint density at radius 1 is 1.25 bits per heavy atom. The van der Waals surface area contributed by atoms with Gasteiger partial charge in [-0.15, -0.1) is 0 Å². The van der Waals surface area contributed by atoms with Gasteiger partial charge in [0.25, 0.3) is 0 Å². The molecule has 0 radical (unpaired) electrons. The van der Waals surface area contributed by atoms with Crippen molar-refractivity contribution in [3.8, 4) is 5.75 Å². The smallest absolute Gasteiger partial charge is 0.220 e. The molecule has 0 aliphatic heterocycles. The zero-order valence-electron chi connectivity index (χ0n) is 12.7. The number of carbonyl (C=O) groups is 1. The van der Waals surface area contributed by atoms with E-state index in [1.165, 1.54) is 5.56 Å². The Bertz CT molecular complexity index is 407. The van der Waals surface area contributed by atoms with Gasteiger partial charge in [0.05, 0.1) is 6.61 Å². The second kappa shape index (κ2) is 7.90. The second-order valence-electron chi connectivity index (χ2n) is 5.87. The normalized spacial score (nSPS) is 11.2. The minimum absolute atomic E-state index is 0.0298. The first-order valence-electron chi connectivity index (χ1n) is 7.13. The van der Waals surface area contributed by atoms with Crippen molar-refractivity contribution in [1.82, 2.24) is 5.32 Å². The van der Waals surface area contributed by atoms with Crippen LogP contribution < -0.4 is 15.8 Å². The van der Waals surface area contributed by atoms with Gasteiger partial charge in [-0.2, -0.15) is 0 Å². The molecule has 1 amide bonds. The van der Waals surface area contributed by atoms with Crippen LogP contribution >= 0.6 is 0 Å². The number of amides is 1. The van der Waals surface area contributed by atoms with Crippen molar-refractivity contribution in [2.45, 2.75) is 39.0 Å². The lowest BCUT2D eigenvalue weighted by molar-refractivity contribution is -0.121. The molecule has 4 nitrogen and oxygen atoms in total. The number of hydrogen-bond acceptors (Lipinski definition) is 3. The van der Waals surface area contributed by atoms with E-state index in [9.17, 15) is 4.79 Å². The number of ether oxygens (including phenoxy) is 1. The molecule has 3 N–H and O–H groups in total. The number of carbonyl (C=O) groups excluding carboxylic acids is 1. The van der Waals surface area contributed by atoms with Crippen LogP contribution in [-0.4, -0.2) is 25.6 Å². The average molecular weight is 278 g/mol. The minimum Gasteiger partial charge on any atom is -0.494 e. The third kappa shape index (κ3) is 6.06. The standard InChI is InChI=1S/C16H26N2O2/c1-16(2,3)13-6-8-14(9-7-13)20-12-4-5-15(19)18-11-10-17/h6-9H,4-5,10-12,17H2,1-3H3,(H,18,19). The zero-order valence-corrected chi connectivity index (χ0v) is 12.7. The van der Waals surface area contributed by atoms with Gasteiger partial charge in [-0.05, 0) is 29.5 Å². The van der Waals surface area contributed by atoms with Crippen LogP contribution in [-0.2, 0) is 10.2 Å². The third-order valence-corrected chi connectivity index (χ3v) is 3.00. The molecule has 0 bridgehead atoms. The van der Waals surface area contributed by atoms with E-state index < -0.39 is 0 Å². The lowest BCUT2D eigenvalue weighted by atomic mass is 9.87. The van der Waals surface area contributed by atoms with E-state index in [0.29, 0.717) is 32.5 Å². The van der Waals surface area contributed by atoms with E-state index in [1.807, 2.05) is 12.1 Å². The van der Waals surface area contributed by atoms with Crippen LogP contribution in [0.25, 0.3) is 0 Å². The SMILES string of the molecule is CC(C)(C)c1ccc(OCCCC(=O)NCCN)cc1. The number of nitrogens with two attached hydrogens (primary N) is 1. The van der Waals surface area contributed by atoms with Crippen molar-refractivity contribution >= 4 is 5.91 Å². The fourth-order valence-electron chi connectivity index (χ4n) is 1.77. The quantitative estimate of drug-likeness (QED) is 0.752. The van der Waals surface area contributed by atoms with Gasteiger partial charge in [0.15, 0.2) is 0 Å². The van der Waals surface area contributed by atoms with Crippen molar-refractivity contribution in [2.75, 3.05) is 19.7 Å². The molecule has 112 valence electrons. The molecule has 0 spiro atoms. The summed E-state index contributed by atoms with van der Waals surface area (Å²) in [7, 11) is 0. The van der Waals surface area contributed by atoms with Gasteiger partial charge in [0.2, 0.25) is 5.91 Å². The molecule has 1 rings (SSSR count). The fourth-order valence-corrected chi connectivity index (χ4v) is 1.77. The molecule has 20 heavy (non-hydrogen) atoms. The Morgan fingerprint density at radius 2 is 1.90 bits per heavy atom. The summed E-state index contributed by atoms with van der Waals surface area (Å²) in [6.45, 7) is 8.11. The predicted molar refractivity (Wildman–Crippen MR) is 81.9 cm³/mol. The first-order valence-corrected chi connectivity index (χ1v) is 7.13. The van der Waals surface area contributed by atoms with Crippen molar-refractivity contribution in [3.63, 3.8) is 0 Å². The predicted octanol–water partition coefficient (Wildman–Crippen LogP) is 2.22. The van der Waals surface area contributed by atoms with Crippen LogP contribution in [0.2, 0.25) is 0 Å².